The Bertz CT molecular complexity index is 5070. The van der Waals surface area contributed by atoms with Gasteiger partial charge in [0.2, 0.25) is 0 Å². The van der Waals surface area contributed by atoms with Gasteiger partial charge in [0.05, 0.1) is 41.8 Å². The summed E-state index contributed by atoms with van der Waals surface area (Å²) in [7, 11) is 0. The molecule has 4 aliphatic rings. The Kier molecular flexibility index (Phi) is 40.6. The molecule has 4 atom stereocenters. The lowest BCUT2D eigenvalue weighted by atomic mass is 9.93. The fraction of sp³-hybridized carbons (Fsp3) is 0.552. The average Bonchev–Trinajstić information content (AvgIpc) is 1.55. The molecule has 0 aromatic carbocycles. The zero-order valence-electron chi connectivity index (χ0n) is 82.3. The van der Waals surface area contributed by atoms with E-state index in [1.807, 2.05) is 68.1 Å². The summed E-state index contributed by atoms with van der Waals surface area (Å²) in [6.07, 6.45) is 55.3. The first-order valence-corrected chi connectivity index (χ1v) is 58.0. The summed E-state index contributed by atoms with van der Waals surface area (Å²) in [5.74, 6) is 5.24. The molecule has 4 amide bonds. The Labute approximate surface area is 827 Å². The van der Waals surface area contributed by atoms with E-state index in [-0.39, 0.29) is 47.3 Å². The molecule has 14 rings (SSSR count). The normalized spacial score (nSPS) is 15.1. The van der Waals surface area contributed by atoms with E-state index in [9.17, 15) is 0 Å². The van der Waals surface area contributed by atoms with Crippen LogP contribution >= 0.6 is 68.0 Å². The van der Waals surface area contributed by atoms with E-state index in [2.05, 4.69) is 139 Å². The van der Waals surface area contributed by atoms with Gasteiger partial charge in [-0.3, -0.25) is 19.2 Å². The van der Waals surface area contributed by atoms with Gasteiger partial charge in [-0.25, -0.2) is 0 Å². The summed E-state index contributed by atoms with van der Waals surface area (Å²) < 4.78 is 28.7. The van der Waals surface area contributed by atoms with Crippen molar-refractivity contribution < 1.29 is 36.8 Å². The Morgan fingerprint density at radius 3 is 0.590 bits per heavy atom. The van der Waals surface area contributed by atoms with Crippen molar-refractivity contribution >= 4 is 114 Å². The number of thiophene rings is 6. The van der Waals surface area contributed by atoms with Gasteiger partial charge in [-0.15, -0.1) is 68.0 Å². The van der Waals surface area contributed by atoms with Crippen LogP contribution in [0, 0.1) is 23.7 Å². The molecule has 10 aromatic rings. The molecule has 0 radical (unpaired) electrons. The molecule has 4 aliphatic heterocycles. The topological polar surface area (TPSA) is 134 Å². The SMILES string of the molecule is CCCCCCCCC(CCCCCC)CN1C(=O)C2=C(c3ccc(-c4ccc(-c5ccc(-c6ccc(C7=C8C(=O)N(CC(CCCCCC)CCCCCCCC)C(c9ccc(-c%10ccc(-c%11cccs%11)s%10)o9)=C8C(=O)N7CC(CCCCCC)CCCCCCCC)o6)s5)s4)o3)N(CC(CCCCCC)CCCCCCCC)C(=O)C2=C1c1ccc(-c2ccc(-c3cccs3)s2)o1. The second-order valence-corrected chi connectivity index (χ2v) is 45.1. The first kappa shape index (κ1) is 102. The van der Waals surface area contributed by atoms with Crippen molar-refractivity contribution in [2.75, 3.05) is 26.2 Å². The van der Waals surface area contributed by atoms with Gasteiger partial charge in [0.25, 0.3) is 23.6 Å². The number of carbonyl (C=O) groups excluding carboxylic acids is 4. The standard InChI is InChI=1S/C116H154N4O8S6/c1-9-17-25-33-37-45-55-83(51-41-29-21-13-5)79-117-109(91-65-61-87(125-91)95-69-73-101(131-95)99-59-49-77-129-99)105-107(115(117)123)111(119(113(105)121)81-85(53-43-31-23-15-7)57-47-39-35-27-19-11-3)93-67-63-89(127-93)97-71-75-103(133-97)104-76-72-98(134-104)90-64-68-94(128-90)112-108-106(114(122)120(112)82-86(54-44-32-24-16-8)58-48-40-36-28-20-12-4)110(92-66-62-88(126-92)96-70-74-102(132-96)100-60-50-78-130-100)118(116(108)124)80-84(52-42-30-22-14-6)56-46-38-34-26-18-10-2/h49-50,59-78,83-86H,9-48,51-58,79-82H2,1-8H3. The van der Waals surface area contributed by atoms with E-state index in [0.717, 1.165) is 195 Å². The number of hydrogen-bond donors (Lipinski definition) is 0. The molecule has 4 unspecified atom stereocenters. The number of carbonyl (C=O) groups is 4. The summed E-state index contributed by atoms with van der Waals surface area (Å²) in [5, 5.41) is 4.23. The lowest BCUT2D eigenvalue weighted by molar-refractivity contribution is -0.124. The summed E-state index contributed by atoms with van der Waals surface area (Å²) in [5.41, 5.74) is 4.06. The molecule has 722 valence electrons. The number of fused-ring (bicyclic) bond motifs is 2. The number of nitrogens with zero attached hydrogens (tertiary/aromatic N) is 4. The van der Waals surface area contributed by atoms with Crippen molar-refractivity contribution in [3.63, 3.8) is 0 Å². The minimum absolute atomic E-state index is 0.148. The molecule has 0 aliphatic carbocycles. The molecule has 0 bridgehead atoms. The highest BCUT2D eigenvalue weighted by Gasteiger charge is 2.53. The van der Waals surface area contributed by atoms with Crippen LogP contribution in [-0.4, -0.2) is 69.4 Å². The average molecular weight is 1920 g/mol. The maximum absolute atomic E-state index is 16.5. The van der Waals surface area contributed by atoms with Crippen LogP contribution < -0.4 is 0 Å². The highest BCUT2D eigenvalue weighted by molar-refractivity contribution is 7.25. The van der Waals surface area contributed by atoms with Crippen molar-refractivity contribution in [2.45, 2.75) is 364 Å². The monoisotopic (exact) mass is 1920 g/mol. The van der Waals surface area contributed by atoms with Crippen LogP contribution in [0.2, 0.25) is 0 Å². The molecule has 12 nitrogen and oxygen atoms in total. The Morgan fingerprint density at radius 2 is 0.388 bits per heavy atom. The largest absolute Gasteiger partial charge is 0.454 e. The smallest absolute Gasteiger partial charge is 0.261 e. The van der Waals surface area contributed by atoms with Crippen LogP contribution in [0.3, 0.4) is 0 Å². The molecule has 0 N–H and O–H groups in total. The second-order valence-electron chi connectivity index (χ2n) is 38.9. The van der Waals surface area contributed by atoms with Gasteiger partial charge in [-0.1, -0.05) is 324 Å². The third-order valence-electron chi connectivity index (χ3n) is 28.4. The van der Waals surface area contributed by atoms with Crippen LogP contribution in [0.4, 0.5) is 0 Å². The van der Waals surface area contributed by atoms with Crippen molar-refractivity contribution in [3.05, 3.63) is 177 Å². The third-order valence-corrected chi connectivity index (χ3v) is 35.1. The number of furan rings is 4. The first-order chi connectivity index (χ1) is 65.9. The first-order valence-electron chi connectivity index (χ1n) is 53.0. The molecule has 134 heavy (non-hydrogen) atoms. The molecular formula is C116H154N4O8S6. The fourth-order valence-electron chi connectivity index (χ4n) is 20.8. The summed E-state index contributed by atoms with van der Waals surface area (Å²) >= 11 is 10.2. The van der Waals surface area contributed by atoms with Gasteiger partial charge in [-0.2, -0.15) is 0 Å². The van der Waals surface area contributed by atoms with E-state index in [0.29, 0.717) is 106 Å². The molecule has 0 spiro atoms. The van der Waals surface area contributed by atoms with Gasteiger partial charge in [0.1, 0.15) is 45.8 Å². The molecule has 18 heteroatoms. The van der Waals surface area contributed by atoms with Crippen LogP contribution in [0.25, 0.3) is 94.6 Å². The Hall–Kier alpha value is -7.84. The van der Waals surface area contributed by atoms with E-state index >= 15 is 19.2 Å². The molecule has 10 aromatic heterocycles. The zero-order valence-corrected chi connectivity index (χ0v) is 87.2. The number of amides is 4. The quantitative estimate of drug-likeness (QED) is 0.0344. The van der Waals surface area contributed by atoms with E-state index < -0.39 is 0 Å². The summed E-state index contributed by atoms with van der Waals surface area (Å²) in [6.45, 7) is 20.2. The molecule has 0 fully saturated rings. The van der Waals surface area contributed by atoms with Gasteiger partial charge in [0, 0.05) is 55.4 Å². The lowest BCUT2D eigenvalue weighted by Gasteiger charge is -2.29. The summed E-state index contributed by atoms with van der Waals surface area (Å²) in [4.78, 5) is 84.5. The van der Waals surface area contributed by atoms with Crippen LogP contribution in [0.1, 0.15) is 387 Å². The fourth-order valence-corrected chi connectivity index (χ4v) is 26.4. The van der Waals surface area contributed by atoms with Crippen molar-refractivity contribution in [1.82, 2.24) is 19.6 Å². The number of rotatable bonds is 67. The Morgan fingerprint density at radius 1 is 0.209 bits per heavy atom. The van der Waals surface area contributed by atoms with Crippen LogP contribution in [0.5, 0.6) is 0 Å². The summed E-state index contributed by atoms with van der Waals surface area (Å²) in [6, 6.07) is 41.9. The third kappa shape index (κ3) is 26.6. The number of hydrogen-bond acceptors (Lipinski definition) is 14. The molecule has 0 saturated carbocycles. The highest BCUT2D eigenvalue weighted by atomic mass is 32.1. The highest BCUT2D eigenvalue weighted by Crippen LogP contribution is 2.54. The van der Waals surface area contributed by atoms with Gasteiger partial charge in [0.15, 0.2) is 23.0 Å². The second kappa shape index (κ2) is 53.4. The van der Waals surface area contributed by atoms with E-state index in [1.165, 1.54) is 174 Å². The number of unbranched alkanes of at least 4 members (excludes halogenated alkanes) is 32. The lowest BCUT2D eigenvalue weighted by Crippen LogP contribution is -2.34. The van der Waals surface area contributed by atoms with Crippen molar-refractivity contribution in [2.24, 2.45) is 23.7 Å². The Balaban J connectivity index is 0.820. The van der Waals surface area contributed by atoms with Crippen LogP contribution in [-0.2, 0) is 19.2 Å². The molecule has 0 saturated heterocycles. The minimum atomic E-state index is -0.148. The molecule has 14 heterocycles. The predicted octanol–water partition coefficient (Wildman–Crippen LogP) is 37.1. The van der Waals surface area contributed by atoms with Gasteiger partial charge < -0.3 is 37.3 Å². The van der Waals surface area contributed by atoms with Crippen molar-refractivity contribution in [3.8, 4) is 71.8 Å². The van der Waals surface area contributed by atoms with Gasteiger partial charge in [-0.05, 0) is 195 Å². The molecular weight excluding hydrogens is 1770 g/mol. The zero-order chi connectivity index (χ0) is 93.3. The minimum Gasteiger partial charge on any atom is -0.454 e. The van der Waals surface area contributed by atoms with Crippen LogP contribution in [0.15, 0.2) is 172 Å². The van der Waals surface area contributed by atoms with Crippen molar-refractivity contribution in [1.29, 1.82) is 0 Å². The van der Waals surface area contributed by atoms with E-state index in [1.54, 1.807) is 68.0 Å². The predicted molar refractivity (Wildman–Crippen MR) is 569 cm³/mol. The maximum atomic E-state index is 16.5. The van der Waals surface area contributed by atoms with Gasteiger partial charge >= 0.3 is 0 Å². The van der Waals surface area contributed by atoms with E-state index in [4.69, 9.17) is 17.7 Å². The maximum Gasteiger partial charge on any atom is 0.261 e.